The van der Waals surface area contributed by atoms with Crippen LogP contribution in [-0.2, 0) is 0 Å². The van der Waals surface area contributed by atoms with E-state index < -0.39 is 0 Å². The van der Waals surface area contributed by atoms with Crippen LogP contribution in [0.15, 0.2) is 84.9 Å². The van der Waals surface area contributed by atoms with E-state index in [-0.39, 0.29) is 17.4 Å². The Labute approximate surface area is 172 Å². The summed E-state index contributed by atoms with van der Waals surface area (Å²) in [6.45, 7) is 0. The van der Waals surface area contributed by atoms with Crippen LogP contribution in [0.1, 0.15) is 26.4 Å². The summed E-state index contributed by atoms with van der Waals surface area (Å²) in [6, 6.07) is 24.7. The van der Waals surface area contributed by atoms with Gasteiger partial charge in [-0.1, -0.05) is 66.2 Å². The van der Waals surface area contributed by atoms with Crippen molar-refractivity contribution in [3.8, 4) is 11.3 Å². The lowest BCUT2D eigenvalue weighted by Crippen LogP contribution is -2.15. The van der Waals surface area contributed by atoms with Crippen LogP contribution in [0.5, 0.6) is 0 Å². The second-order valence-corrected chi connectivity index (χ2v) is 6.81. The maximum atomic E-state index is 12.8. The molecule has 6 heteroatoms. The zero-order chi connectivity index (χ0) is 20.2. The molecule has 0 atom stereocenters. The molecule has 0 fully saturated rings. The van der Waals surface area contributed by atoms with E-state index >= 15 is 0 Å². The fourth-order valence-electron chi connectivity index (χ4n) is 2.93. The van der Waals surface area contributed by atoms with Crippen LogP contribution in [0.25, 0.3) is 11.3 Å². The van der Waals surface area contributed by atoms with Gasteiger partial charge in [0.25, 0.3) is 5.91 Å². The largest absolute Gasteiger partial charge is 0.320 e. The predicted octanol–water partition coefficient (Wildman–Crippen LogP) is 5.21. The maximum Gasteiger partial charge on any atom is 0.273 e. The zero-order valence-electron chi connectivity index (χ0n) is 15.2. The highest BCUT2D eigenvalue weighted by molar-refractivity contribution is 6.30. The number of carbonyl (C=O) groups excluding carboxylic acids is 2. The molecule has 1 heterocycles. The first-order chi connectivity index (χ1) is 14.1. The molecule has 1 aromatic heterocycles. The molecule has 142 valence electrons. The lowest BCUT2D eigenvalue weighted by molar-refractivity contribution is 0.102. The van der Waals surface area contributed by atoms with Crippen molar-refractivity contribution in [2.45, 2.75) is 0 Å². The molecule has 4 rings (SSSR count). The molecule has 0 saturated heterocycles. The molecule has 0 aliphatic rings. The topological polar surface area (TPSA) is 74.8 Å². The van der Waals surface area contributed by atoms with Crippen LogP contribution in [0.2, 0.25) is 5.02 Å². The van der Waals surface area contributed by atoms with Crippen molar-refractivity contribution in [2.24, 2.45) is 0 Å². The third-order valence-corrected chi connectivity index (χ3v) is 4.67. The second-order valence-electron chi connectivity index (χ2n) is 6.37. The highest BCUT2D eigenvalue weighted by atomic mass is 35.5. The lowest BCUT2D eigenvalue weighted by Gasteiger charge is -2.09. The van der Waals surface area contributed by atoms with E-state index in [0.29, 0.717) is 27.5 Å². The van der Waals surface area contributed by atoms with E-state index in [9.17, 15) is 9.59 Å². The lowest BCUT2D eigenvalue weighted by atomic mass is 10.0. The van der Waals surface area contributed by atoms with Crippen LogP contribution < -0.4 is 5.32 Å². The third kappa shape index (κ3) is 4.10. The Balaban J connectivity index is 1.57. The first-order valence-electron chi connectivity index (χ1n) is 8.93. The third-order valence-electron chi connectivity index (χ3n) is 4.42. The normalized spacial score (nSPS) is 10.5. The summed E-state index contributed by atoms with van der Waals surface area (Å²) in [5.74, 6) is -0.543. The monoisotopic (exact) mass is 401 g/mol. The summed E-state index contributed by atoms with van der Waals surface area (Å²) in [5, 5.41) is 10.4. The van der Waals surface area contributed by atoms with E-state index in [0.717, 1.165) is 5.56 Å². The molecule has 2 N–H and O–H groups in total. The highest BCUT2D eigenvalue weighted by Gasteiger charge is 2.17. The smallest absolute Gasteiger partial charge is 0.273 e. The Kier molecular flexibility index (Phi) is 5.22. The van der Waals surface area contributed by atoms with Gasteiger partial charge in [0.2, 0.25) is 0 Å². The summed E-state index contributed by atoms with van der Waals surface area (Å²) in [4.78, 5) is 25.5. The Morgan fingerprint density at radius 1 is 0.862 bits per heavy atom. The van der Waals surface area contributed by atoms with Gasteiger partial charge >= 0.3 is 0 Å². The number of carbonyl (C=O) groups is 2. The number of rotatable bonds is 5. The number of H-pyrrole nitrogens is 1. The Hall–Kier alpha value is -3.70. The number of halogens is 1. The molecule has 1 amide bonds. The molecule has 0 unspecified atom stereocenters. The van der Waals surface area contributed by atoms with Crippen LogP contribution >= 0.6 is 11.6 Å². The minimum Gasteiger partial charge on any atom is -0.320 e. The van der Waals surface area contributed by atoms with E-state index in [1.54, 1.807) is 66.7 Å². The molecule has 3 aromatic carbocycles. The number of aromatic amines is 1. The summed E-state index contributed by atoms with van der Waals surface area (Å²) in [5.41, 5.74) is 3.17. The van der Waals surface area contributed by atoms with Crippen molar-refractivity contribution in [3.05, 3.63) is 107 Å². The summed E-state index contributed by atoms with van der Waals surface area (Å²) >= 11 is 5.91. The fraction of sp³-hybridized carbons (Fsp3) is 0. The van der Waals surface area contributed by atoms with Gasteiger partial charge in [-0.2, -0.15) is 5.10 Å². The number of hydrogen-bond acceptors (Lipinski definition) is 3. The van der Waals surface area contributed by atoms with Crippen LogP contribution in [0, 0.1) is 0 Å². The van der Waals surface area contributed by atoms with Crippen molar-refractivity contribution >= 4 is 29.0 Å². The van der Waals surface area contributed by atoms with Gasteiger partial charge in [-0.15, -0.1) is 0 Å². The molecular formula is C23H16ClN3O2. The second kappa shape index (κ2) is 8.12. The zero-order valence-corrected chi connectivity index (χ0v) is 16.0. The number of nitrogens with one attached hydrogen (secondary N) is 2. The van der Waals surface area contributed by atoms with Gasteiger partial charge < -0.3 is 5.32 Å². The van der Waals surface area contributed by atoms with Gasteiger partial charge in [0.05, 0.1) is 11.4 Å². The number of ketones is 1. The minimum absolute atomic E-state index is 0.159. The van der Waals surface area contributed by atoms with Crippen molar-refractivity contribution in [2.75, 3.05) is 5.32 Å². The molecule has 0 aliphatic heterocycles. The standard InChI is InChI=1S/C23H16ClN3O2/c24-17-12-10-15(11-13-17)20-14-21(27-26-20)23(29)25-19-9-5-4-8-18(19)22(28)16-6-2-1-3-7-16/h1-14H,(H,25,29)(H,26,27). The van der Waals surface area contributed by atoms with Crippen LogP contribution in [0.3, 0.4) is 0 Å². The van der Waals surface area contributed by atoms with Gasteiger partial charge in [-0.05, 0) is 30.3 Å². The molecule has 5 nitrogen and oxygen atoms in total. The minimum atomic E-state index is -0.383. The number of anilines is 1. The molecule has 0 bridgehead atoms. The molecule has 0 spiro atoms. The van der Waals surface area contributed by atoms with E-state index in [1.807, 2.05) is 18.2 Å². The number of benzene rings is 3. The molecule has 0 aliphatic carbocycles. The average molecular weight is 402 g/mol. The molecule has 29 heavy (non-hydrogen) atoms. The average Bonchev–Trinajstić information content (AvgIpc) is 3.25. The summed E-state index contributed by atoms with van der Waals surface area (Å²) in [7, 11) is 0. The van der Waals surface area contributed by atoms with Crippen molar-refractivity contribution in [3.63, 3.8) is 0 Å². The SMILES string of the molecule is O=C(Nc1ccccc1C(=O)c1ccccc1)c1cc(-c2ccc(Cl)cc2)n[nH]1. The molecule has 0 radical (unpaired) electrons. The number of hydrogen-bond donors (Lipinski definition) is 2. The van der Waals surface area contributed by atoms with Gasteiger partial charge in [0.15, 0.2) is 5.78 Å². The number of para-hydroxylation sites is 1. The van der Waals surface area contributed by atoms with Crippen molar-refractivity contribution in [1.82, 2.24) is 10.2 Å². The molecule has 4 aromatic rings. The maximum absolute atomic E-state index is 12.8. The highest BCUT2D eigenvalue weighted by Crippen LogP contribution is 2.22. The Morgan fingerprint density at radius 3 is 2.31 bits per heavy atom. The van der Waals surface area contributed by atoms with Crippen LogP contribution in [-0.4, -0.2) is 21.9 Å². The Morgan fingerprint density at radius 2 is 1.55 bits per heavy atom. The fourth-order valence-corrected chi connectivity index (χ4v) is 3.06. The first-order valence-corrected chi connectivity index (χ1v) is 9.31. The number of amides is 1. The van der Waals surface area contributed by atoms with E-state index in [4.69, 9.17) is 11.6 Å². The van der Waals surface area contributed by atoms with E-state index in [1.165, 1.54) is 0 Å². The molecular weight excluding hydrogens is 386 g/mol. The molecule has 0 saturated carbocycles. The first kappa shape index (κ1) is 18.7. The van der Waals surface area contributed by atoms with E-state index in [2.05, 4.69) is 15.5 Å². The van der Waals surface area contributed by atoms with Crippen molar-refractivity contribution in [1.29, 1.82) is 0 Å². The van der Waals surface area contributed by atoms with Gasteiger partial charge in [0, 0.05) is 21.7 Å². The Bertz CT molecular complexity index is 1170. The van der Waals surface area contributed by atoms with Gasteiger partial charge in [-0.25, -0.2) is 0 Å². The summed E-state index contributed by atoms with van der Waals surface area (Å²) in [6.07, 6.45) is 0. The number of aromatic nitrogens is 2. The van der Waals surface area contributed by atoms with Crippen LogP contribution in [0.4, 0.5) is 5.69 Å². The van der Waals surface area contributed by atoms with Gasteiger partial charge in [-0.3, -0.25) is 14.7 Å². The van der Waals surface area contributed by atoms with Gasteiger partial charge in [0.1, 0.15) is 5.69 Å². The predicted molar refractivity (Wildman–Crippen MR) is 113 cm³/mol. The van der Waals surface area contributed by atoms with Crippen molar-refractivity contribution < 1.29 is 9.59 Å². The number of nitrogens with zero attached hydrogens (tertiary/aromatic N) is 1. The summed E-state index contributed by atoms with van der Waals surface area (Å²) < 4.78 is 0. The quantitative estimate of drug-likeness (QED) is 0.450.